The van der Waals surface area contributed by atoms with Crippen LogP contribution in [0.25, 0.3) is 0 Å². The van der Waals surface area contributed by atoms with Gasteiger partial charge < -0.3 is 0 Å². The Morgan fingerprint density at radius 2 is 2.44 bits per heavy atom. The lowest BCUT2D eigenvalue weighted by Crippen LogP contribution is -1.80. The molecule has 0 fully saturated rings. The van der Waals surface area contributed by atoms with Crippen LogP contribution >= 0.6 is 0 Å². The van der Waals surface area contributed by atoms with Crippen molar-refractivity contribution in [1.29, 1.82) is 0 Å². The van der Waals surface area contributed by atoms with Crippen molar-refractivity contribution in [2.75, 3.05) is 0 Å². The highest BCUT2D eigenvalue weighted by molar-refractivity contribution is 5.39. The van der Waals surface area contributed by atoms with Crippen molar-refractivity contribution < 1.29 is 4.79 Å². The van der Waals surface area contributed by atoms with E-state index in [0.29, 0.717) is 0 Å². The Hall–Kier alpha value is -1.61. The largest absolute Gasteiger partial charge is 0.279 e. The first-order valence-electron chi connectivity index (χ1n) is 2.15. The Labute approximate surface area is 50.5 Å². The maximum Gasteiger partial charge on any atom is 0.279 e. The van der Waals surface area contributed by atoms with E-state index in [1.807, 2.05) is 0 Å². The van der Waals surface area contributed by atoms with Gasteiger partial charge in [0.05, 0.1) is 12.4 Å². The van der Waals surface area contributed by atoms with E-state index in [-0.39, 0.29) is 5.95 Å². The van der Waals surface area contributed by atoms with E-state index in [0.717, 1.165) is 0 Å². The van der Waals surface area contributed by atoms with Crippen LogP contribution < -0.4 is 0 Å². The third-order valence-corrected chi connectivity index (χ3v) is 0.616. The zero-order valence-electron chi connectivity index (χ0n) is 4.35. The Morgan fingerprint density at radius 1 is 1.56 bits per heavy atom. The molecule has 0 radical (unpaired) electrons. The summed E-state index contributed by atoms with van der Waals surface area (Å²) in [5.74, 6) is 0.0347. The molecule has 0 N–H and O–H groups in total. The predicted octanol–water partition coefficient (Wildman–Crippen LogP) is -0.161. The zero-order chi connectivity index (χ0) is 6.53. The lowest BCUT2D eigenvalue weighted by molar-refractivity contribution is 0.565. The minimum Gasteiger partial charge on any atom is -0.216 e. The Kier molecular flexibility index (Phi) is 1.62. The normalized spacial score (nSPS) is 8.00. The van der Waals surface area contributed by atoms with Crippen molar-refractivity contribution in [3.05, 3.63) is 12.4 Å². The summed E-state index contributed by atoms with van der Waals surface area (Å²) < 4.78 is 0. The van der Waals surface area contributed by atoms with E-state index in [1.54, 1.807) is 0 Å². The molecule has 0 aromatic carbocycles. The van der Waals surface area contributed by atoms with Crippen LogP contribution in [0.4, 0.5) is 5.95 Å². The van der Waals surface area contributed by atoms with Gasteiger partial charge in [0.25, 0.3) is 5.95 Å². The lowest BCUT2D eigenvalue weighted by Gasteiger charge is -1.80. The van der Waals surface area contributed by atoms with E-state index >= 15 is 0 Å². The molecule has 44 valence electrons. The summed E-state index contributed by atoms with van der Waals surface area (Å²) in [5.41, 5.74) is 0. The van der Waals surface area contributed by atoms with Gasteiger partial charge in [0.2, 0.25) is 6.08 Å². The summed E-state index contributed by atoms with van der Waals surface area (Å²) in [6.07, 6.45) is 4.08. The fraction of sp³-hybridized carbons (Fsp3) is 0. The van der Waals surface area contributed by atoms with Crippen LogP contribution in [-0.4, -0.2) is 21.3 Å². The van der Waals surface area contributed by atoms with Gasteiger partial charge in [-0.1, -0.05) is 0 Å². The molecule has 5 nitrogen and oxygen atoms in total. The summed E-state index contributed by atoms with van der Waals surface area (Å²) in [6, 6.07) is 0. The molecule has 0 aliphatic rings. The van der Waals surface area contributed by atoms with E-state index in [4.69, 9.17) is 0 Å². The fourth-order valence-corrected chi connectivity index (χ4v) is 0.333. The monoisotopic (exact) mass is 122 g/mol. The van der Waals surface area contributed by atoms with Crippen LogP contribution in [0, 0.1) is 0 Å². The first-order chi connectivity index (χ1) is 4.43. The van der Waals surface area contributed by atoms with Gasteiger partial charge in [0, 0.05) is 0 Å². The standard InChI is InChI=1S/C4H2N4O/c9-3-6-4-5-1-2-7-8-4/h1-2H. The number of hydrogen-bond donors (Lipinski definition) is 0. The van der Waals surface area contributed by atoms with Gasteiger partial charge in [-0.2, -0.15) is 5.10 Å². The summed E-state index contributed by atoms with van der Waals surface area (Å²) in [7, 11) is 0. The summed E-state index contributed by atoms with van der Waals surface area (Å²) in [5, 5.41) is 6.80. The van der Waals surface area contributed by atoms with Crippen LogP contribution in [0.2, 0.25) is 0 Å². The Bertz CT molecular complexity index is 228. The minimum atomic E-state index is 0.0347. The average Bonchev–Trinajstić information content (AvgIpc) is 1.91. The molecule has 0 amide bonds. The van der Waals surface area contributed by atoms with Gasteiger partial charge in [0.1, 0.15) is 0 Å². The molecule has 0 saturated carbocycles. The van der Waals surface area contributed by atoms with Gasteiger partial charge in [-0.05, 0) is 0 Å². The molecule has 0 bridgehead atoms. The molecule has 5 heteroatoms. The summed E-state index contributed by atoms with van der Waals surface area (Å²) in [4.78, 5) is 16.3. The molecule has 1 rings (SSSR count). The first kappa shape index (κ1) is 5.53. The van der Waals surface area contributed by atoms with Crippen LogP contribution in [0.3, 0.4) is 0 Å². The number of isocyanates is 1. The molecule has 1 heterocycles. The third kappa shape index (κ3) is 1.40. The molecule has 9 heavy (non-hydrogen) atoms. The van der Waals surface area contributed by atoms with Crippen LogP contribution in [0.5, 0.6) is 0 Å². The van der Waals surface area contributed by atoms with E-state index in [9.17, 15) is 4.79 Å². The average molecular weight is 122 g/mol. The second kappa shape index (κ2) is 2.64. The van der Waals surface area contributed by atoms with Crippen molar-refractivity contribution in [3.63, 3.8) is 0 Å². The van der Waals surface area contributed by atoms with Gasteiger partial charge in [-0.25, -0.2) is 9.78 Å². The van der Waals surface area contributed by atoms with Crippen LogP contribution in [-0.2, 0) is 4.79 Å². The maximum absolute atomic E-state index is 9.57. The summed E-state index contributed by atoms with van der Waals surface area (Å²) in [6.45, 7) is 0. The topological polar surface area (TPSA) is 68.1 Å². The van der Waals surface area contributed by atoms with Crippen molar-refractivity contribution in [2.45, 2.75) is 0 Å². The van der Waals surface area contributed by atoms with E-state index in [1.165, 1.54) is 18.5 Å². The summed E-state index contributed by atoms with van der Waals surface area (Å²) >= 11 is 0. The van der Waals surface area contributed by atoms with Crippen LogP contribution in [0.1, 0.15) is 0 Å². The molecule has 0 aliphatic heterocycles. The molecule has 1 aromatic rings. The van der Waals surface area contributed by atoms with Gasteiger partial charge in [-0.15, -0.1) is 10.1 Å². The molecule has 1 aromatic heterocycles. The van der Waals surface area contributed by atoms with E-state index < -0.39 is 0 Å². The number of aromatic nitrogens is 3. The lowest BCUT2D eigenvalue weighted by atomic mass is 10.9. The Morgan fingerprint density at radius 3 is 3.00 bits per heavy atom. The molecular formula is C4H2N4O. The van der Waals surface area contributed by atoms with Gasteiger partial charge in [-0.3, -0.25) is 0 Å². The molecule has 0 atom stereocenters. The predicted molar refractivity (Wildman–Crippen MR) is 27.6 cm³/mol. The molecule has 0 spiro atoms. The Balaban J connectivity index is 2.97. The smallest absolute Gasteiger partial charge is 0.216 e. The minimum absolute atomic E-state index is 0.0347. The van der Waals surface area contributed by atoms with Crippen LogP contribution in [0.15, 0.2) is 17.4 Å². The molecular weight excluding hydrogens is 120 g/mol. The van der Waals surface area contributed by atoms with Gasteiger partial charge in [0.15, 0.2) is 0 Å². The van der Waals surface area contributed by atoms with Crippen molar-refractivity contribution in [3.8, 4) is 0 Å². The van der Waals surface area contributed by atoms with E-state index in [2.05, 4.69) is 20.2 Å². The number of rotatable bonds is 1. The van der Waals surface area contributed by atoms with Crippen molar-refractivity contribution in [2.24, 2.45) is 4.99 Å². The quantitative estimate of drug-likeness (QED) is 0.383. The van der Waals surface area contributed by atoms with Crippen molar-refractivity contribution in [1.82, 2.24) is 15.2 Å². The van der Waals surface area contributed by atoms with Crippen molar-refractivity contribution >= 4 is 12.0 Å². The molecule has 0 saturated heterocycles. The maximum atomic E-state index is 9.57. The number of aliphatic imine (C=N–C) groups is 1. The number of carbonyl (C=O) groups excluding carboxylic acids is 1. The molecule has 0 unspecified atom stereocenters. The SMILES string of the molecule is O=C=Nc1nccnn1. The first-order valence-corrected chi connectivity index (χ1v) is 2.15. The highest BCUT2D eigenvalue weighted by Gasteiger charge is 1.85. The van der Waals surface area contributed by atoms with Gasteiger partial charge >= 0.3 is 0 Å². The third-order valence-electron chi connectivity index (χ3n) is 0.616. The highest BCUT2D eigenvalue weighted by Crippen LogP contribution is 1.93. The second-order valence-electron chi connectivity index (χ2n) is 1.15. The number of nitrogens with zero attached hydrogens (tertiary/aromatic N) is 4. The fourth-order valence-electron chi connectivity index (χ4n) is 0.333. The second-order valence-corrected chi connectivity index (χ2v) is 1.15. The highest BCUT2D eigenvalue weighted by atomic mass is 16.1. The molecule has 0 aliphatic carbocycles. The number of hydrogen-bond acceptors (Lipinski definition) is 5. The zero-order valence-corrected chi connectivity index (χ0v) is 4.35.